The van der Waals surface area contributed by atoms with E-state index in [1.165, 1.54) is 6.08 Å². The molecule has 0 amide bonds. The maximum Gasteiger partial charge on any atom is 0.422 e. The molecule has 0 saturated heterocycles. The van der Waals surface area contributed by atoms with Gasteiger partial charge < -0.3 is 14.5 Å². The summed E-state index contributed by atoms with van der Waals surface area (Å²) in [6.45, 7) is 0.0376. The number of H-pyrrole nitrogens is 1. The Morgan fingerprint density at radius 1 is 1.07 bits per heavy atom. The van der Waals surface area contributed by atoms with Crippen LogP contribution in [0.1, 0.15) is 23.7 Å². The Labute approximate surface area is 165 Å². The predicted molar refractivity (Wildman–Crippen MR) is 104 cm³/mol. The second-order valence-electron chi connectivity index (χ2n) is 6.44. The van der Waals surface area contributed by atoms with Gasteiger partial charge in [0, 0.05) is 23.0 Å². The van der Waals surface area contributed by atoms with Crippen molar-refractivity contribution >= 4 is 22.9 Å². The summed E-state index contributed by atoms with van der Waals surface area (Å²) >= 11 is 0. The third kappa shape index (κ3) is 5.88. The van der Waals surface area contributed by atoms with E-state index in [1.807, 2.05) is 42.5 Å². The SMILES string of the molecule is CCOC(=O)/C(=C/c1ccc2[nH]c(Cc3ccccc3)cc2c1)OCC(F)(F)F. The average Bonchev–Trinajstić information content (AvgIpc) is 3.06. The zero-order valence-electron chi connectivity index (χ0n) is 15.8. The first-order chi connectivity index (χ1) is 13.8. The number of fused-ring (bicyclic) bond motifs is 1. The normalized spacial score (nSPS) is 12.2. The summed E-state index contributed by atoms with van der Waals surface area (Å²) in [5.74, 6) is -1.42. The number of rotatable bonds is 7. The van der Waals surface area contributed by atoms with Crippen molar-refractivity contribution in [1.29, 1.82) is 0 Å². The zero-order valence-corrected chi connectivity index (χ0v) is 15.8. The predicted octanol–water partition coefficient (Wildman–Crippen LogP) is 5.24. The van der Waals surface area contributed by atoms with Crippen molar-refractivity contribution in [1.82, 2.24) is 4.98 Å². The summed E-state index contributed by atoms with van der Waals surface area (Å²) in [5, 5.41) is 0.878. The van der Waals surface area contributed by atoms with Gasteiger partial charge in [-0.3, -0.25) is 0 Å². The van der Waals surface area contributed by atoms with Gasteiger partial charge in [0.1, 0.15) is 0 Å². The van der Waals surface area contributed by atoms with Crippen LogP contribution in [0.2, 0.25) is 0 Å². The van der Waals surface area contributed by atoms with Crippen molar-refractivity contribution < 1.29 is 27.4 Å². The summed E-state index contributed by atoms with van der Waals surface area (Å²) in [5.41, 5.74) is 3.59. The first-order valence-electron chi connectivity index (χ1n) is 9.08. The number of carbonyl (C=O) groups excluding carboxylic acids is 1. The number of halogens is 3. The van der Waals surface area contributed by atoms with Crippen molar-refractivity contribution in [3.63, 3.8) is 0 Å². The fourth-order valence-corrected chi connectivity index (χ4v) is 2.88. The van der Waals surface area contributed by atoms with Gasteiger partial charge in [0.25, 0.3) is 0 Å². The molecule has 7 heteroatoms. The Balaban J connectivity index is 1.85. The number of ether oxygens (including phenoxy) is 2. The van der Waals surface area contributed by atoms with Gasteiger partial charge in [-0.2, -0.15) is 13.2 Å². The molecule has 0 aliphatic rings. The van der Waals surface area contributed by atoms with Crippen LogP contribution in [0.25, 0.3) is 17.0 Å². The minimum Gasteiger partial charge on any atom is -0.477 e. The van der Waals surface area contributed by atoms with Crippen molar-refractivity contribution in [2.45, 2.75) is 19.5 Å². The van der Waals surface area contributed by atoms with Gasteiger partial charge in [-0.05, 0) is 42.3 Å². The average molecular weight is 403 g/mol. The van der Waals surface area contributed by atoms with E-state index >= 15 is 0 Å². The third-order valence-corrected chi connectivity index (χ3v) is 4.10. The summed E-state index contributed by atoms with van der Waals surface area (Å²) in [7, 11) is 0. The van der Waals surface area contributed by atoms with Gasteiger partial charge in [-0.15, -0.1) is 0 Å². The fraction of sp³-hybridized carbons (Fsp3) is 0.227. The monoisotopic (exact) mass is 403 g/mol. The van der Waals surface area contributed by atoms with Crippen LogP contribution in [-0.2, 0) is 20.7 Å². The van der Waals surface area contributed by atoms with Crippen molar-refractivity contribution in [2.75, 3.05) is 13.2 Å². The maximum atomic E-state index is 12.5. The third-order valence-electron chi connectivity index (χ3n) is 4.10. The van der Waals surface area contributed by atoms with Crippen LogP contribution in [0, 0.1) is 0 Å². The van der Waals surface area contributed by atoms with E-state index in [9.17, 15) is 18.0 Å². The topological polar surface area (TPSA) is 51.3 Å². The lowest BCUT2D eigenvalue weighted by Gasteiger charge is -2.11. The lowest BCUT2D eigenvalue weighted by molar-refractivity contribution is -0.170. The van der Waals surface area contributed by atoms with E-state index in [0.29, 0.717) is 5.56 Å². The van der Waals surface area contributed by atoms with Gasteiger partial charge in [0.2, 0.25) is 5.76 Å². The Morgan fingerprint density at radius 3 is 2.52 bits per heavy atom. The molecule has 0 aliphatic carbocycles. The molecule has 0 saturated carbocycles. The van der Waals surface area contributed by atoms with Crippen molar-refractivity contribution in [3.05, 3.63) is 77.2 Å². The molecule has 2 aromatic carbocycles. The highest BCUT2D eigenvalue weighted by Crippen LogP contribution is 2.22. The number of hydrogen-bond donors (Lipinski definition) is 1. The highest BCUT2D eigenvalue weighted by molar-refractivity contribution is 5.92. The van der Waals surface area contributed by atoms with E-state index < -0.39 is 24.5 Å². The Kier molecular flexibility index (Phi) is 6.26. The molecule has 0 atom stereocenters. The highest BCUT2D eigenvalue weighted by Gasteiger charge is 2.30. The number of esters is 1. The molecule has 0 fully saturated rings. The molecule has 0 bridgehead atoms. The number of alkyl halides is 3. The molecule has 3 aromatic rings. The quantitative estimate of drug-likeness (QED) is 0.333. The van der Waals surface area contributed by atoms with Gasteiger partial charge in [-0.25, -0.2) is 4.79 Å². The van der Waals surface area contributed by atoms with Gasteiger partial charge in [0.15, 0.2) is 6.61 Å². The molecule has 3 rings (SSSR count). The van der Waals surface area contributed by atoms with Gasteiger partial charge >= 0.3 is 12.1 Å². The number of carbonyl (C=O) groups is 1. The second-order valence-corrected chi connectivity index (χ2v) is 6.44. The molecule has 0 unspecified atom stereocenters. The van der Waals surface area contributed by atoms with E-state index in [0.717, 1.165) is 28.6 Å². The van der Waals surface area contributed by atoms with Crippen LogP contribution < -0.4 is 0 Å². The largest absolute Gasteiger partial charge is 0.477 e. The molecule has 4 nitrogen and oxygen atoms in total. The van der Waals surface area contributed by atoms with Crippen molar-refractivity contribution in [3.8, 4) is 0 Å². The van der Waals surface area contributed by atoms with E-state index in [1.54, 1.807) is 19.1 Å². The van der Waals surface area contributed by atoms with E-state index in [2.05, 4.69) is 9.72 Å². The van der Waals surface area contributed by atoms with Gasteiger partial charge in [-0.1, -0.05) is 36.4 Å². The van der Waals surface area contributed by atoms with Crippen LogP contribution >= 0.6 is 0 Å². The van der Waals surface area contributed by atoms with Crippen LogP contribution in [0.3, 0.4) is 0 Å². The minimum absolute atomic E-state index is 0.0330. The molecule has 0 spiro atoms. The number of nitrogens with one attached hydrogen (secondary N) is 1. The lowest BCUT2D eigenvalue weighted by Crippen LogP contribution is -2.20. The number of aromatic nitrogens is 1. The van der Waals surface area contributed by atoms with E-state index in [-0.39, 0.29) is 6.61 Å². The molecule has 1 N–H and O–H groups in total. The summed E-state index contributed by atoms with van der Waals surface area (Å²) in [4.78, 5) is 15.3. The smallest absolute Gasteiger partial charge is 0.422 e. The lowest BCUT2D eigenvalue weighted by atomic mass is 10.1. The maximum absolute atomic E-state index is 12.5. The Morgan fingerprint density at radius 2 is 1.83 bits per heavy atom. The van der Waals surface area contributed by atoms with Crippen LogP contribution in [0.4, 0.5) is 13.2 Å². The molecular weight excluding hydrogens is 383 g/mol. The summed E-state index contributed by atoms with van der Waals surface area (Å²) < 4.78 is 46.9. The van der Waals surface area contributed by atoms with Gasteiger partial charge in [0.05, 0.1) is 6.61 Å². The molecule has 1 aromatic heterocycles. The molecule has 1 heterocycles. The summed E-state index contributed by atoms with van der Waals surface area (Å²) in [6, 6.07) is 17.2. The van der Waals surface area contributed by atoms with E-state index in [4.69, 9.17) is 4.74 Å². The summed E-state index contributed by atoms with van der Waals surface area (Å²) in [6.07, 6.45) is -2.57. The fourth-order valence-electron chi connectivity index (χ4n) is 2.88. The molecule has 0 radical (unpaired) electrons. The molecule has 152 valence electrons. The number of benzene rings is 2. The molecule has 29 heavy (non-hydrogen) atoms. The molecule has 0 aliphatic heterocycles. The Hall–Kier alpha value is -3.22. The first kappa shape index (κ1) is 20.5. The standard InChI is InChI=1S/C22H20F3NO3/c1-2-28-21(27)20(29-14-22(23,24)25)12-16-8-9-19-17(10-16)13-18(26-19)11-15-6-4-3-5-7-15/h3-10,12-13,26H,2,11,14H2,1H3/b20-12-. The zero-order chi connectivity index (χ0) is 20.9. The van der Waals surface area contributed by atoms with Crippen LogP contribution in [-0.4, -0.2) is 30.3 Å². The second kappa shape index (κ2) is 8.86. The highest BCUT2D eigenvalue weighted by atomic mass is 19.4. The number of aromatic amines is 1. The van der Waals surface area contributed by atoms with Crippen molar-refractivity contribution in [2.24, 2.45) is 0 Å². The van der Waals surface area contributed by atoms with Crippen LogP contribution in [0.15, 0.2) is 60.4 Å². The first-order valence-corrected chi connectivity index (χ1v) is 9.08. The molecular formula is C22H20F3NO3. The number of hydrogen-bond acceptors (Lipinski definition) is 3. The van der Waals surface area contributed by atoms with Crippen LogP contribution in [0.5, 0.6) is 0 Å². The Bertz CT molecular complexity index is 1010. The minimum atomic E-state index is -4.55.